The lowest BCUT2D eigenvalue weighted by Gasteiger charge is -2.39. The second kappa shape index (κ2) is 5.11. The van der Waals surface area contributed by atoms with E-state index in [9.17, 15) is 25.0 Å². The van der Waals surface area contributed by atoms with Gasteiger partial charge in [0.15, 0.2) is 0 Å². The van der Waals surface area contributed by atoms with Crippen LogP contribution in [0.15, 0.2) is 18.2 Å². The lowest BCUT2D eigenvalue weighted by Crippen LogP contribution is -2.47. The molecule has 0 atom stereocenters. The minimum Gasteiger partial charge on any atom is -0.481 e. The van der Waals surface area contributed by atoms with Gasteiger partial charge in [-0.25, -0.2) is 0 Å². The summed E-state index contributed by atoms with van der Waals surface area (Å²) in [5.41, 5.74) is -0.404. The second-order valence-electron chi connectivity index (χ2n) is 4.56. The van der Waals surface area contributed by atoms with E-state index < -0.39 is 15.8 Å². The van der Waals surface area contributed by atoms with Crippen molar-refractivity contribution in [3.63, 3.8) is 0 Å². The predicted molar refractivity (Wildman–Crippen MR) is 67.7 cm³/mol. The molecule has 2 rings (SSSR count). The van der Waals surface area contributed by atoms with Crippen LogP contribution >= 0.6 is 0 Å². The van der Waals surface area contributed by atoms with Crippen LogP contribution in [0.5, 0.6) is 0 Å². The first kappa shape index (κ1) is 13.7. The third-order valence-corrected chi connectivity index (χ3v) is 3.13. The number of carbonyl (C=O) groups is 1. The van der Waals surface area contributed by atoms with E-state index >= 15 is 0 Å². The SMILES string of the molecule is O=C(O)CC1CN(c2ccc([N+](=O)[O-])cc2[N+](=O)[O-])C1. The van der Waals surface area contributed by atoms with Crippen molar-refractivity contribution >= 4 is 23.0 Å². The van der Waals surface area contributed by atoms with Crippen LogP contribution in [0.3, 0.4) is 0 Å². The molecule has 1 fully saturated rings. The summed E-state index contributed by atoms with van der Waals surface area (Å²) in [6.45, 7) is 0.788. The lowest BCUT2D eigenvalue weighted by molar-refractivity contribution is -0.393. The Hall–Kier alpha value is -2.71. The Morgan fingerprint density at radius 1 is 1.30 bits per heavy atom. The number of non-ortho nitro benzene ring substituents is 1. The molecule has 20 heavy (non-hydrogen) atoms. The van der Waals surface area contributed by atoms with Gasteiger partial charge in [-0.3, -0.25) is 25.0 Å². The molecule has 1 aliphatic rings. The molecule has 0 spiro atoms. The van der Waals surface area contributed by atoms with Gasteiger partial charge in [0, 0.05) is 25.1 Å². The molecule has 9 nitrogen and oxygen atoms in total. The number of hydrogen-bond donors (Lipinski definition) is 1. The number of carboxylic acids is 1. The summed E-state index contributed by atoms with van der Waals surface area (Å²) in [5, 5.41) is 30.2. The minimum absolute atomic E-state index is 0.0112. The van der Waals surface area contributed by atoms with Crippen LogP contribution in [0.4, 0.5) is 17.1 Å². The Labute approximate surface area is 112 Å². The van der Waals surface area contributed by atoms with Crippen LogP contribution < -0.4 is 4.90 Å². The van der Waals surface area contributed by atoms with Crippen molar-refractivity contribution in [3.8, 4) is 0 Å². The van der Waals surface area contributed by atoms with Crippen LogP contribution in [0.25, 0.3) is 0 Å². The van der Waals surface area contributed by atoms with E-state index in [1.54, 1.807) is 4.90 Å². The highest BCUT2D eigenvalue weighted by Crippen LogP contribution is 2.36. The number of anilines is 1. The third-order valence-electron chi connectivity index (χ3n) is 3.13. The van der Waals surface area contributed by atoms with Gasteiger partial charge in [-0.1, -0.05) is 0 Å². The highest BCUT2D eigenvalue weighted by molar-refractivity contribution is 5.70. The number of aliphatic carboxylic acids is 1. The molecule has 0 amide bonds. The first-order chi connectivity index (χ1) is 9.38. The smallest absolute Gasteiger partial charge is 0.303 e. The molecular formula is C11H11N3O6. The topological polar surface area (TPSA) is 127 Å². The molecule has 1 saturated heterocycles. The molecule has 1 aromatic rings. The van der Waals surface area contributed by atoms with Gasteiger partial charge in [-0.15, -0.1) is 0 Å². The Morgan fingerprint density at radius 3 is 2.45 bits per heavy atom. The molecule has 1 N–H and O–H groups in total. The van der Waals surface area contributed by atoms with E-state index in [2.05, 4.69) is 0 Å². The maximum absolute atomic E-state index is 11.0. The van der Waals surface area contributed by atoms with Crippen LogP contribution in [-0.2, 0) is 4.79 Å². The number of benzene rings is 1. The molecule has 106 valence electrons. The van der Waals surface area contributed by atoms with Crippen molar-refractivity contribution in [1.29, 1.82) is 0 Å². The maximum atomic E-state index is 11.0. The van der Waals surface area contributed by atoms with Crippen molar-refractivity contribution in [1.82, 2.24) is 0 Å². The molecule has 1 aliphatic heterocycles. The van der Waals surface area contributed by atoms with Gasteiger partial charge in [-0.05, 0) is 6.07 Å². The van der Waals surface area contributed by atoms with Gasteiger partial charge in [0.1, 0.15) is 5.69 Å². The average molecular weight is 281 g/mol. The Balaban J connectivity index is 2.19. The second-order valence-corrected chi connectivity index (χ2v) is 4.56. The van der Waals surface area contributed by atoms with Crippen LogP contribution in [-0.4, -0.2) is 34.0 Å². The predicted octanol–water partition coefficient (Wildman–Crippen LogP) is 1.41. The van der Waals surface area contributed by atoms with E-state index in [-0.39, 0.29) is 29.4 Å². The highest BCUT2D eigenvalue weighted by Gasteiger charge is 2.33. The Bertz CT molecular complexity index is 582. The van der Waals surface area contributed by atoms with Crippen molar-refractivity contribution in [3.05, 3.63) is 38.4 Å². The summed E-state index contributed by atoms with van der Waals surface area (Å²) in [5.74, 6) is -0.963. The zero-order chi connectivity index (χ0) is 14.9. The van der Waals surface area contributed by atoms with Gasteiger partial charge in [-0.2, -0.15) is 0 Å². The summed E-state index contributed by atoms with van der Waals surface area (Å²) < 4.78 is 0. The molecule has 0 unspecified atom stereocenters. The number of nitro benzene ring substituents is 2. The van der Waals surface area contributed by atoms with E-state index in [1.807, 2.05) is 0 Å². The Morgan fingerprint density at radius 2 is 1.95 bits per heavy atom. The van der Waals surface area contributed by atoms with Gasteiger partial charge < -0.3 is 10.0 Å². The van der Waals surface area contributed by atoms with Crippen molar-refractivity contribution in [2.45, 2.75) is 6.42 Å². The standard InChI is InChI=1S/C11H11N3O6/c15-11(16)3-7-5-12(6-7)9-2-1-8(13(17)18)4-10(9)14(19)20/h1-2,4,7H,3,5-6H2,(H,15,16). The minimum atomic E-state index is -0.909. The molecule has 0 bridgehead atoms. The highest BCUT2D eigenvalue weighted by atomic mass is 16.6. The van der Waals surface area contributed by atoms with Gasteiger partial charge in [0.25, 0.3) is 11.4 Å². The van der Waals surface area contributed by atoms with E-state index in [0.29, 0.717) is 13.1 Å². The lowest BCUT2D eigenvalue weighted by atomic mass is 9.95. The summed E-state index contributed by atoms with van der Waals surface area (Å²) in [7, 11) is 0. The quantitative estimate of drug-likeness (QED) is 0.638. The Kier molecular flexibility index (Phi) is 3.51. The molecule has 9 heteroatoms. The van der Waals surface area contributed by atoms with E-state index in [4.69, 9.17) is 5.11 Å². The number of hydrogen-bond acceptors (Lipinski definition) is 6. The fourth-order valence-electron chi connectivity index (χ4n) is 2.18. The van der Waals surface area contributed by atoms with Gasteiger partial charge in [0.05, 0.1) is 22.3 Å². The monoisotopic (exact) mass is 281 g/mol. The molecule has 1 heterocycles. The largest absolute Gasteiger partial charge is 0.481 e. The average Bonchev–Trinajstić information content (AvgIpc) is 2.32. The first-order valence-corrected chi connectivity index (χ1v) is 5.78. The summed E-state index contributed by atoms with van der Waals surface area (Å²) in [6, 6.07) is 3.44. The third kappa shape index (κ3) is 2.66. The van der Waals surface area contributed by atoms with E-state index in [0.717, 1.165) is 6.07 Å². The molecule has 0 aromatic heterocycles. The number of carboxylic acid groups (broad SMARTS) is 1. The number of nitrogens with zero attached hydrogens (tertiary/aromatic N) is 3. The normalized spacial score (nSPS) is 14.7. The van der Waals surface area contributed by atoms with Crippen molar-refractivity contribution in [2.75, 3.05) is 18.0 Å². The maximum Gasteiger partial charge on any atom is 0.303 e. The molecule has 1 aromatic carbocycles. The zero-order valence-electron chi connectivity index (χ0n) is 10.3. The fourth-order valence-corrected chi connectivity index (χ4v) is 2.18. The van der Waals surface area contributed by atoms with Crippen molar-refractivity contribution < 1.29 is 19.7 Å². The molecule has 0 radical (unpaired) electrons. The molecular weight excluding hydrogens is 270 g/mol. The van der Waals surface area contributed by atoms with Crippen LogP contribution in [0.2, 0.25) is 0 Å². The van der Waals surface area contributed by atoms with Gasteiger partial charge >= 0.3 is 5.97 Å². The molecule has 0 saturated carbocycles. The fraction of sp³-hybridized carbons (Fsp3) is 0.364. The van der Waals surface area contributed by atoms with E-state index in [1.165, 1.54) is 12.1 Å². The van der Waals surface area contributed by atoms with Crippen molar-refractivity contribution in [2.24, 2.45) is 5.92 Å². The zero-order valence-corrected chi connectivity index (χ0v) is 10.3. The number of nitro groups is 2. The molecule has 0 aliphatic carbocycles. The summed E-state index contributed by atoms with van der Waals surface area (Å²) in [4.78, 5) is 32.4. The van der Waals surface area contributed by atoms with Crippen LogP contribution in [0, 0.1) is 26.1 Å². The van der Waals surface area contributed by atoms with Gasteiger partial charge in [0.2, 0.25) is 0 Å². The summed E-state index contributed by atoms with van der Waals surface area (Å²) in [6.07, 6.45) is 0.0112. The van der Waals surface area contributed by atoms with Crippen LogP contribution in [0.1, 0.15) is 6.42 Å². The number of rotatable bonds is 5. The first-order valence-electron chi connectivity index (χ1n) is 5.78. The summed E-state index contributed by atoms with van der Waals surface area (Å²) >= 11 is 0.